The number of phenolic OH excluding ortho intramolecular Hbond substituents is 1. The number of esters is 1. The summed E-state index contributed by atoms with van der Waals surface area (Å²) < 4.78 is 5.35. The fourth-order valence-electron chi connectivity index (χ4n) is 2.45. The van der Waals surface area contributed by atoms with Gasteiger partial charge in [-0.2, -0.15) is 0 Å². The van der Waals surface area contributed by atoms with Crippen molar-refractivity contribution < 1.29 is 14.6 Å². The number of aromatic hydroxyl groups is 1. The third-order valence-electron chi connectivity index (χ3n) is 3.71. The molecule has 1 N–H and O–H groups in total. The lowest BCUT2D eigenvalue weighted by molar-refractivity contribution is -0.134. The molecule has 3 heteroatoms. The average Bonchev–Trinajstić information content (AvgIpc) is 2.45. The summed E-state index contributed by atoms with van der Waals surface area (Å²) in [4.78, 5) is 12.0. The van der Waals surface area contributed by atoms with Crippen molar-refractivity contribution in [1.29, 1.82) is 0 Å². The number of rotatable bonds is 4. The summed E-state index contributed by atoms with van der Waals surface area (Å²) in [5.74, 6) is 0.626. The quantitative estimate of drug-likeness (QED) is 0.666. The summed E-state index contributed by atoms with van der Waals surface area (Å²) in [6, 6.07) is 13.0. The number of hydrogen-bond acceptors (Lipinski definition) is 3. The maximum absolute atomic E-state index is 12.0. The van der Waals surface area contributed by atoms with E-state index >= 15 is 0 Å². The van der Waals surface area contributed by atoms with E-state index in [1.165, 1.54) is 0 Å². The van der Waals surface area contributed by atoms with Crippen molar-refractivity contribution in [3.8, 4) is 11.5 Å². The monoisotopic (exact) mass is 312 g/mol. The number of ether oxygens (including phenoxy) is 1. The number of benzene rings is 2. The first kappa shape index (κ1) is 17.1. The van der Waals surface area contributed by atoms with Crippen LogP contribution in [0.2, 0.25) is 0 Å². The molecule has 0 aliphatic carbocycles. The SMILES string of the molecule is Cc1cccc(OC(=O)CCc2ccc(O)c(C(C)(C)C)c2)c1. The molecule has 2 rings (SSSR count). The molecule has 0 amide bonds. The topological polar surface area (TPSA) is 46.5 Å². The van der Waals surface area contributed by atoms with Crippen molar-refractivity contribution in [2.45, 2.75) is 46.0 Å². The van der Waals surface area contributed by atoms with Crippen LogP contribution in [0, 0.1) is 6.92 Å². The molecule has 0 atom stereocenters. The van der Waals surface area contributed by atoms with Crippen LogP contribution < -0.4 is 4.74 Å². The second-order valence-corrected chi connectivity index (χ2v) is 6.89. The molecule has 0 saturated carbocycles. The first-order chi connectivity index (χ1) is 10.8. The van der Waals surface area contributed by atoms with Gasteiger partial charge >= 0.3 is 5.97 Å². The van der Waals surface area contributed by atoms with Gasteiger partial charge in [0.25, 0.3) is 0 Å². The van der Waals surface area contributed by atoms with E-state index in [-0.39, 0.29) is 11.4 Å². The molecule has 2 aromatic rings. The van der Waals surface area contributed by atoms with Gasteiger partial charge < -0.3 is 9.84 Å². The predicted molar refractivity (Wildman–Crippen MR) is 91.9 cm³/mol. The van der Waals surface area contributed by atoms with Crippen LogP contribution in [0.4, 0.5) is 0 Å². The summed E-state index contributed by atoms with van der Waals surface area (Å²) in [6.45, 7) is 8.12. The average molecular weight is 312 g/mol. The van der Waals surface area contributed by atoms with Gasteiger partial charge in [-0.25, -0.2) is 0 Å². The number of carbonyl (C=O) groups excluding carboxylic acids is 1. The first-order valence-corrected chi connectivity index (χ1v) is 7.85. The zero-order valence-corrected chi connectivity index (χ0v) is 14.2. The highest BCUT2D eigenvalue weighted by atomic mass is 16.5. The zero-order valence-electron chi connectivity index (χ0n) is 14.2. The van der Waals surface area contributed by atoms with Crippen molar-refractivity contribution in [1.82, 2.24) is 0 Å². The summed E-state index contributed by atoms with van der Waals surface area (Å²) in [5, 5.41) is 9.98. The molecule has 0 saturated heterocycles. The molecule has 0 spiro atoms. The van der Waals surface area contributed by atoms with Crippen molar-refractivity contribution in [3.63, 3.8) is 0 Å². The summed E-state index contributed by atoms with van der Waals surface area (Å²) >= 11 is 0. The van der Waals surface area contributed by atoms with Gasteiger partial charge in [0, 0.05) is 6.42 Å². The van der Waals surface area contributed by atoms with E-state index in [0.29, 0.717) is 24.3 Å². The molecule has 0 aromatic heterocycles. The van der Waals surface area contributed by atoms with E-state index in [9.17, 15) is 9.90 Å². The van der Waals surface area contributed by atoms with Crippen LogP contribution in [0.1, 0.15) is 43.9 Å². The molecule has 2 aromatic carbocycles. The standard InChI is InChI=1S/C20H24O3/c1-14-6-5-7-16(12-14)23-19(22)11-9-15-8-10-18(21)17(13-15)20(2,3)4/h5-8,10,12-13,21H,9,11H2,1-4H3. The first-order valence-electron chi connectivity index (χ1n) is 7.85. The van der Waals surface area contributed by atoms with Crippen molar-refractivity contribution in [2.75, 3.05) is 0 Å². The largest absolute Gasteiger partial charge is 0.508 e. The van der Waals surface area contributed by atoms with E-state index in [0.717, 1.165) is 16.7 Å². The van der Waals surface area contributed by atoms with E-state index < -0.39 is 0 Å². The fraction of sp³-hybridized carbons (Fsp3) is 0.350. The second-order valence-electron chi connectivity index (χ2n) is 6.89. The number of aryl methyl sites for hydroxylation is 2. The normalized spacial score (nSPS) is 11.3. The van der Waals surface area contributed by atoms with E-state index in [4.69, 9.17) is 4.74 Å². The lowest BCUT2D eigenvalue weighted by Crippen LogP contribution is -2.12. The minimum atomic E-state index is -0.249. The minimum Gasteiger partial charge on any atom is -0.508 e. The van der Waals surface area contributed by atoms with Gasteiger partial charge in [-0.15, -0.1) is 0 Å². The third-order valence-corrected chi connectivity index (χ3v) is 3.71. The van der Waals surface area contributed by atoms with E-state index in [1.807, 2.05) is 37.3 Å². The van der Waals surface area contributed by atoms with Crippen LogP contribution >= 0.6 is 0 Å². The third kappa shape index (κ3) is 4.85. The highest BCUT2D eigenvalue weighted by Gasteiger charge is 2.18. The Morgan fingerprint density at radius 3 is 2.52 bits per heavy atom. The summed E-state index contributed by atoms with van der Waals surface area (Å²) in [5.41, 5.74) is 2.84. The number of carbonyl (C=O) groups is 1. The minimum absolute atomic E-state index is 0.137. The Hall–Kier alpha value is -2.29. The van der Waals surface area contributed by atoms with Crippen LogP contribution in [0.25, 0.3) is 0 Å². The van der Waals surface area contributed by atoms with Crippen molar-refractivity contribution >= 4 is 5.97 Å². The van der Waals surface area contributed by atoms with Crippen LogP contribution in [-0.2, 0) is 16.6 Å². The lowest BCUT2D eigenvalue weighted by atomic mass is 9.85. The van der Waals surface area contributed by atoms with Crippen LogP contribution in [-0.4, -0.2) is 11.1 Å². The molecule has 3 nitrogen and oxygen atoms in total. The van der Waals surface area contributed by atoms with Crippen LogP contribution in [0.5, 0.6) is 11.5 Å². The van der Waals surface area contributed by atoms with Gasteiger partial charge in [-0.05, 0) is 53.6 Å². The highest BCUT2D eigenvalue weighted by Crippen LogP contribution is 2.31. The molecule has 0 aliphatic heterocycles. The molecular weight excluding hydrogens is 288 g/mol. The van der Waals surface area contributed by atoms with E-state index in [1.54, 1.807) is 12.1 Å². The zero-order chi connectivity index (χ0) is 17.0. The van der Waals surface area contributed by atoms with Gasteiger partial charge in [0.05, 0.1) is 0 Å². The summed E-state index contributed by atoms with van der Waals surface area (Å²) in [7, 11) is 0. The molecule has 122 valence electrons. The molecule has 0 aliphatic rings. The number of hydrogen-bond donors (Lipinski definition) is 1. The second kappa shape index (κ2) is 6.86. The van der Waals surface area contributed by atoms with Crippen molar-refractivity contribution in [3.05, 3.63) is 59.2 Å². The van der Waals surface area contributed by atoms with E-state index in [2.05, 4.69) is 20.8 Å². The molecule has 0 unspecified atom stereocenters. The summed E-state index contributed by atoms with van der Waals surface area (Å²) in [6.07, 6.45) is 0.899. The smallest absolute Gasteiger partial charge is 0.311 e. The lowest BCUT2D eigenvalue weighted by Gasteiger charge is -2.21. The Kier molecular flexibility index (Phi) is 5.09. The van der Waals surface area contributed by atoms with Gasteiger partial charge in [0.15, 0.2) is 0 Å². The Bertz CT molecular complexity index is 696. The van der Waals surface area contributed by atoms with Gasteiger partial charge in [-0.3, -0.25) is 4.79 Å². The van der Waals surface area contributed by atoms with Crippen LogP contribution in [0.15, 0.2) is 42.5 Å². The molecule has 0 bridgehead atoms. The van der Waals surface area contributed by atoms with Crippen molar-refractivity contribution in [2.24, 2.45) is 0 Å². The fourth-order valence-corrected chi connectivity index (χ4v) is 2.45. The Morgan fingerprint density at radius 1 is 1.13 bits per heavy atom. The number of phenols is 1. The van der Waals surface area contributed by atoms with Gasteiger partial charge in [-0.1, -0.05) is 45.0 Å². The predicted octanol–water partition coefficient (Wildman–Crippen LogP) is 4.54. The Morgan fingerprint density at radius 2 is 1.87 bits per heavy atom. The highest BCUT2D eigenvalue weighted by molar-refractivity contribution is 5.72. The molecule has 0 fully saturated rings. The molecule has 0 radical (unpaired) electrons. The van der Waals surface area contributed by atoms with Gasteiger partial charge in [0.1, 0.15) is 11.5 Å². The Labute approximate surface area is 137 Å². The molecule has 0 heterocycles. The molecule has 23 heavy (non-hydrogen) atoms. The van der Waals surface area contributed by atoms with Crippen LogP contribution in [0.3, 0.4) is 0 Å². The molecular formula is C20H24O3. The van der Waals surface area contributed by atoms with Gasteiger partial charge in [0.2, 0.25) is 0 Å². The Balaban J connectivity index is 1.99. The maximum atomic E-state index is 12.0. The maximum Gasteiger partial charge on any atom is 0.311 e.